The number of alkyl halides is 3. The summed E-state index contributed by atoms with van der Waals surface area (Å²) in [5, 5.41) is 2.28. The molecule has 1 atom stereocenters. The number of carbonyl (C=O) groups excluding carboxylic acids is 2. The Hall–Kier alpha value is -2.77. The number of furan rings is 1. The molecule has 2 rings (SSSR count). The van der Waals surface area contributed by atoms with Gasteiger partial charge in [-0.1, -0.05) is 6.07 Å². The molecule has 24 heavy (non-hydrogen) atoms. The van der Waals surface area contributed by atoms with E-state index in [1.54, 1.807) is 6.92 Å². The number of hydrogen-bond acceptors (Lipinski definition) is 4. The van der Waals surface area contributed by atoms with Gasteiger partial charge in [0.25, 0.3) is 5.91 Å². The highest BCUT2D eigenvalue weighted by atomic mass is 19.4. The van der Waals surface area contributed by atoms with E-state index in [4.69, 9.17) is 9.15 Å². The summed E-state index contributed by atoms with van der Waals surface area (Å²) >= 11 is 0. The first kappa shape index (κ1) is 17.6. The topological polar surface area (TPSA) is 68.5 Å². The molecule has 5 nitrogen and oxygen atoms in total. The van der Waals surface area contributed by atoms with Crippen molar-refractivity contribution in [3.63, 3.8) is 0 Å². The second kappa shape index (κ2) is 6.77. The number of aryl methyl sites for hydroxylation is 1. The van der Waals surface area contributed by atoms with Crippen molar-refractivity contribution in [3.05, 3.63) is 53.5 Å². The molecule has 0 spiro atoms. The summed E-state index contributed by atoms with van der Waals surface area (Å²) in [7, 11) is 0. The van der Waals surface area contributed by atoms with Gasteiger partial charge in [0.1, 0.15) is 11.3 Å². The zero-order valence-electron chi connectivity index (χ0n) is 12.8. The molecule has 0 unspecified atom stereocenters. The van der Waals surface area contributed by atoms with Gasteiger partial charge in [-0.15, -0.1) is 0 Å². The minimum atomic E-state index is -4.52. The molecule has 1 aromatic carbocycles. The number of rotatable bonds is 4. The fraction of sp³-hybridized carbons (Fsp3) is 0.250. The Labute approximate surface area is 135 Å². The highest BCUT2D eigenvalue weighted by Crippen LogP contribution is 2.30. The van der Waals surface area contributed by atoms with Crippen molar-refractivity contribution in [2.24, 2.45) is 0 Å². The van der Waals surface area contributed by atoms with Crippen LogP contribution in [0, 0.1) is 6.92 Å². The van der Waals surface area contributed by atoms with E-state index in [2.05, 4.69) is 5.32 Å². The molecule has 0 aliphatic rings. The lowest BCUT2D eigenvalue weighted by Crippen LogP contribution is -2.30. The van der Waals surface area contributed by atoms with Crippen LogP contribution in [-0.2, 0) is 15.7 Å². The van der Waals surface area contributed by atoms with Crippen molar-refractivity contribution in [2.75, 3.05) is 5.32 Å². The zero-order valence-corrected chi connectivity index (χ0v) is 12.8. The summed E-state index contributed by atoms with van der Waals surface area (Å²) in [5.41, 5.74) is -0.759. The highest BCUT2D eigenvalue weighted by Gasteiger charge is 2.30. The molecule has 1 N–H and O–H groups in total. The van der Waals surface area contributed by atoms with E-state index in [1.807, 2.05) is 0 Å². The average Bonchev–Trinajstić information content (AvgIpc) is 2.92. The number of nitrogens with one attached hydrogen (secondary N) is 1. The molecule has 0 fully saturated rings. The summed E-state index contributed by atoms with van der Waals surface area (Å²) in [6, 6.07) is 5.56. The first-order valence-corrected chi connectivity index (χ1v) is 6.91. The fourth-order valence-electron chi connectivity index (χ4n) is 1.89. The molecule has 1 aromatic heterocycles. The molecule has 0 radical (unpaired) electrons. The first-order chi connectivity index (χ1) is 11.2. The van der Waals surface area contributed by atoms with Gasteiger partial charge < -0.3 is 14.5 Å². The molecular formula is C16H14F3NO4. The SMILES string of the molecule is Cc1occc1C(=O)O[C@@H](C)C(=O)Nc1cccc(C(F)(F)F)c1. The molecule has 8 heteroatoms. The first-order valence-electron chi connectivity index (χ1n) is 6.91. The second-order valence-corrected chi connectivity index (χ2v) is 5.01. The summed E-state index contributed by atoms with van der Waals surface area (Å²) < 4.78 is 47.9. The molecule has 0 aliphatic heterocycles. The Morgan fingerprint density at radius 1 is 1.25 bits per heavy atom. The lowest BCUT2D eigenvalue weighted by Gasteiger charge is -2.14. The Kier molecular flexibility index (Phi) is 4.96. The van der Waals surface area contributed by atoms with Crippen LogP contribution in [0.4, 0.5) is 18.9 Å². The van der Waals surface area contributed by atoms with E-state index in [-0.39, 0.29) is 11.3 Å². The van der Waals surface area contributed by atoms with Crippen LogP contribution in [-0.4, -0.2) is 18.0 Å². The standard InChI is InChI=1S/C16H14F3NO4/c1-9-13(6-7-23-9)15(22)24-10(2)14(21)20-12-5-3-4-11(8-12)16(17,18)19/h3-8,10H,1-2H3,(H,20,21)/t10-/m0/s1. The lowest BCUT2D eigenvalue weighted by atomic mass is 10.2. The van der Waals surface area contributed by atoms with E-state index < -0.39 is 29.7 Å². The maximum absolute atomic E-state index is 12.6. The van der Waals surface area contributed by atoms with Crippen molar-refractivity contribution in [2.45, 2.75) is 26.1 Å². The van der Waals surface area contributed by atoms with Gasteiger partial charge in [0.15, 0.2) is 6.10 Å². The van der Waals surface area contributed by atoms with Crippen molar-refractivity contribution in [1.82, 2.24) is 0 Å². The van der Waals surface area contributed by atoms with Crippen LogP contribution in [0.5, 0.6) is 0 Å². The summed E-state index contributed by atoms with van der Waals surface area (Å²) in [6.07, 6.45) is -4.40. The molecule has 0 bridgehead atoms. The number of esters is 1. The smallest absolute Gasteiger partial charge is 0.416 e. The Bertz CT molecular complexity index is 752. The van der Waals surface area contributed by atoms with Gasteiger partial charge in [-0.3, -0.25) is 4.79 Å². The zero-order chi connectivity index (χ0) is 17.9. The predicted octanol–water partition coefficient (Wildman–Crippen LogP) is 3.79. The van der Waals surface area contributed by atoms with Gasteiger partial charge in [0.2, 0.25) is 0 Å². The number of benzene rings is 1. The van der Waals surface area contributed by atoms with Gasteiger partial charge in [-0.25, -0.2) is 4.79 Å². The van der Waals surface area contributed by atoms with E-state index in [9.17, 15) is 22.8 Å². The van der Waals surface area contributed by atoms with Crippen molar-refractivity contribution in [1.29, 1.82) is 0 Å². The second-order valence-electron chi connectivity index (χ2n) is 5.01. The minimum absolute atomic E-state index is 0.0442. The van der Waals surface area contributed by atoms with Gasteiger partial charge in [-0.05, 0) is 38.1 Å². The highest BCUT2D eigenvalue weighted by molar-refractivity contribution is 5.97. The molecule has 1 amide bonds. The third-order valence-corrected chi connectivity index (χ3v) is 3.19. The number of amides is 1. The van der Waals surface area contributed by atoms with Crippen LogP contribution in [0.3, 0.4) is 0 Å². The third kappa shape index (κ3) is 4.15. The van der Waals surface area contributed by atoms with Gasteiger partial charge in [-0.2, -0.15) is 13.2 Å². The Morgan fingerprint density at radius 3 is 2.54 bits per heavy atom. The number of halogens is 3. The van der Waals surface area contributed by atoms with Gasteiger partial charge in [0.05, 0.1) is 11.8 Å². The normalized spacial score (nSPS) is 12.5. The van der Waals surface area contributed by atoms with Crippen LogP contribution in [0.25, 0.3) is 0 Å². The largest absolute Gasteiger partial charge is 0.469 e. The quantitative estimate of drug-likeness (QED) is 0.859. The number of hydrogen-bond donors (Lipinski definition) is 1. The summed E-state index contributed by atoms with van der Waals surface area (Å²) in [6.45, 7) is 2.88. The van der Waals surface area contributed by atoms with Crippen LogP contribution >= 0.6 is 0 Å². The molecule has 0 aliphatic carbocycles. The van der Waals surface area contributed by atoms with Crippen LogP contribution in [0.2, 0.25) is 0 Å². The van der Waals surface area contributed by atoms with E-state index in [0.717, 1.165) is 12.1 Å². The number of anilines is 1. The van der Waals surface area contributed by atoms with Crippen molar-refractivity contribution < 1.29 is 31.9 Å². The molecule has 2 aromatic rings. The van der Waals surface area contributed by atoms with Crippen molar-refractivity contribution >= 4 is 17.6 Å². The van der Waals surface area contributed by atoms with Crippen LogP contribution in [0.1, 0.15) is 28.6 Å². The van der Waals surface area contributed by atoms with E-state index in [0.29, 0.717) is 5.76 Å². The number of ether oxygens (including phenoxy) is 1. The molecular weight excluding hydrogens is 327 g/mol. The molecule has 0 saturated heterocycles. The maximum Gasteiger partial charge on any atom is 0.416 e. The van der Waals surface area contributed by atoms with Gasteiger partial charge in [0, 0.05) is 5.69 Å². The predicted molar refractivity (Wildman–Crippen MR) is 78.4 cm³/mol. The monoisotopic (exact) mass is 341 g/mol. The third-order valence-electron chi connectivity index (χ3n) is 3.19. The molecule has 128 valence electrons. The van der Waals surface area contributed by atoms with Gasteiger partial charge >= 0.3 is 12.1 Å². The van der Waals surface area contributed by atoms with E-state index in [1.165, 1.54) is 31.4 Å². The Morgan fingerprint density at radius 2 is 1.96 bits per heavy atom. The van der Waals surface area contributed by atoms with Crippen LogP contribution in [0.15, 0.2) is 41.0 Å². The molecule has 0 saturated carbocycles. The van der Waals surface area contributed by atoms with Crippen LogP contribution < -0.4 is 5.32 Å². The minimum Gasteiger partial charge on any atom is -0.469 e. The van der Waals surface area contributed by atoms with E-state index >= 15 is 0 Å². The fourth-order valence-corrected chi connectivity index (χ4v) is 1.89. The molecule has 1 heterocycles. The number of carbonyl (C=O) groups is 2. The lowest BCUT2D eigenvalue weighted by molar-refractivity contribution is -0.137. The summed E-state index contributed by atoms with van der Waals surface area (Å²) in [5.74, 6) is -1.16. The average molecular weight is 341 g/mol. The Balaban J connectivity index is 2.02. The maximum atomic E-state index is 12.6. The summed E-state index contributed by atoms with van der Waals surface area (Å²) in [4.78, 5) is 23.8. The van der Waals surface area contributed by atoms with Crippen molar-refractivity contribution in [3.8, 4) is 0 Å².